The second kappa shape index (κ2) is 10.7. The highest BCUT2D eigenvalue weighted by atomic mass is 32.1. The molecule has 0 aliphatic heterocycles. The second-order valence-corrected chi connectivity index (χ2v) is 6.38. The molecular weight excluding hydrogens is 370 g/mol. The molecule has 0 fully saturated rings. The molecule has 0 unspecified atom stereocenters. The monoisotopic (exact) mass is 389 g/mol. The van der Waals surface area contributed by atoms with Crippen LogP contribution in [0, 0.1) is 0 Å². The van der Waals surface area contributed by atoms with E-state index >= 15 is 0 Å². The number of carbonyl (C=O) groups is 4. The number of hydrogen-bond acceptors (Lipinski definition) is 6. The number of amides is 4. The van der Waals surface area contributed by atoms with Crippen LogP contribution in [-0.2, 0) is 20.7 Å². The van der Waals surface area contributed by atoms with Crippen LogP contribution in [0.2, 0.25) is 0 Å². The first-order valence-electron chi connectivity index (χ1n) is 8.13. The summed E-state index contributed by atoms with van der Waals surface area (Å²) < 4.78 is 4.71. The van der Waals surface area contributed by atoms with Crippen molar-refractivity contribution in [3.8, 4) is 0 Å². The topological polar surface area (TPSA) is 114 Å². The van der Waals surface area contributed by atoms with Crippen LogP contribution in [0.25, 0.3) is 0 Å². The van der Waals surface area contributed by atoms with Crippen molar-refractivity contribution in [2.24, 2.45) is 0 Å². The average Bonchev–Trinajstić information content (AvgIpc) is 3.18. The van der Waals surface area contributed by atoms with E-state index in [1.54, 1.807) is 41.7 Å². The van der Waals surface area contributed by atoms with Gasteiger partial charge in [0.25, 0.3) is 11.8 Å². The van der Waals surface area contributed by atoms with Crippen LogP contribution in [0.5, 0.6) is 0 Å². The SMILES string of the molecule is O=C(COC(=O)CNC(=O)c1ccccc1)NC(=O)NCCc1cccs1. The average molecular weight is 389 g/mol. The minimum atomic E-state index is -0.785. The molecule has 9 heteroatoms. The van der Waals surface area contributed by atoms with Crippen molar-refractivity contribution >= 4 is 35.2 Å². The molecule has 1 aromatic heterocycles. The molecule has 27 heavy (non-hydrogen) atoms. The zero-order chi connectivity index (χ0) is 19.5. The summed E-state index contributed by atoms with van der Waals surface area (Å²) in [6.07, 6.45) is 0.662. The summed E-state index contributed by atoms with van der Waals surface area (Å²) in [5, 5.41) is 8.91. The lowest BCUT2D eigenvalue weighted by Crippen LogP contribution is -2.42. The number of esters is 1. The van der Waals surface area contributed by atoms with Crippen molar-refractivity contribution < 1.29 is 23.9 Å². The lowest BCUT2D eigenvalue weighted by molar-refractivity contribution is -0.147. The van der Waals surface area contributed by atoms with Gasteiger partial charge in [-0.05, 0) is 30.0 Å². The molecule has 2 rings (SSSR count). The Bertz CT molecular complexity index is 778. The molecular formula is C18H19N3O5S. The Labute approximate surface area is 159 Å². The van der Waals surface area contributed by atoms with Crippen molar-refractivity contribution in [3.05, 3.63) is 58.3 Å². The van der Waals surface area contributed by atoms with Crippen LogP contribution >= 0.6 is 11.3 Å². The third-order valence-electron chi connectivity index (χ3n) is 3.28. The molecule has 3 N–H and O–H groups in total. The maximum atomic E-state index is 11.8. The molecule has 0 spiro atoms. The van der Waals surface area contributed by atoms with Crippen LogP contribution in [-0.4, -0.2) is 43.5 Å². The molecule has 0 saturated carbocycles. The van der Waals surface area contributed by atoms with Gasteiger partial charge in [-0.1, -0.05) is 24.3 Å². The highest BCUT2D eigenvalue weighted by Gasteiger charge is 2.12. The Balaban J connectivity index is 1.58. The zero-order valence-electron chi connectivity index (χ0n) is 14.4. The minimum Gasteiger partial charge on any atom is -0.454 e. The van der Waals surface area contributed by atoms with E-state index < -0.39 is 30.4 Å². The number of carbonyl (C=O) groups excluding carboxylic acids is 4. The van der Waals surface area contributed by atoms with E-state index in [1.165, 1.54) is 0 Å². The first-order valence-corrected chi connectivity index (χ1v) is 9.01. The van der Waals surface area contributed by atoms with Gasteiger partial charge in [0.2, 0.25) is 0 Å². The number of nitrogens with one attached hydrogen (secondary N) is 3. The lowest BCUT2D eigenvalue weighted by Gasteiger charge is -2.08. The smallest absolute Gasteiger partial charge is 0.325 e. The minimum absolute atomic E-state index is 0.380. The van der Waals surface area contributed by atoms with E-state index in [9.17, 15) is 19.2 Å². The van der Waals surface area contributed by atoms with Crippen LogP contribution in [0.3, 0.4) is 0 Å². The maximum absolute atomic E-state index is 11.8. The molecule has 0 saturated heterocycles. The molecule has 0 atom stereocenters. The molecule has 142 valence electrons. The summed E-state index contributed by atoms with van der Waals surface area (Å²) in [7, 11) is 0. The largest absolute Gasteiger partial charge is 0.454 e. The number of benzene rings is 1. The summed E-state index contributed by atoms with van der Waals surface area (Å²) in [4.78, 5) is 47.6. The van der Waals surface area contributed by atoms with Crippen LogP contribution in [0.1, 0.15) is 15.2 Å². The molecule has 8 nitrogen and oxygen atoms in total. The van der Waals surface area contributed by atoms with Crippen molar-refractivity contribution in [1.82, 2.24) is 16.0 Å². The summed E-state index contributed by atoms with van der Waals surface area (Å²) in [5.41, 5.74) is 0.405. The number of thiophene rings is 1. The highest BCUT2D eigenvalue weighted by Crippen LogP contribution is 2.07. The Kier molecular flexibility index (Phi) is 7.98. The molecule has 4 amide bonds. The van der Waals surface area contributed by atoms with E-state index in [4.69, 9.17) is 4.74 Å². The van der Waals surface area contributed by atoms with Gasteiger partial charge < -0.3 is 15.4 Å². The number of urea groups is 1. The lowest BCUT2D eigenvalue weighted by atomic mass is 10.2. The van der Waals surface area contributed by atoms with E-state index in [0.717, 1.165) is 4.88 Å². The van der Waals surface area contributed by atoms with Crippen molar-refractivity contribution in [2.45, 2.75) is 6.42 Å². The fraction of sp³-hybridized carbons (Fsp3) is 0.222. The van der Waals surface area contributed by atoms with E-state index in [1.807, 2.05) is 17.5 Å². The highest BCUT2D eigenvalue weighted by molar-refractivity contribution is 7.09. The van der Waals surface area contributed by atoms with Crippen LogP contribution < -0.4 is 16.0 Å². The predicted molar refractivity (Wildman–Crippen MR) is 99.3 cm³/mol. The Hall–Kier alpha value is -3.20. The second-order valence-electron chi connectivity index (χ2n) is 5.34. The molecule has 0 bridgehead atoms. The first kappa shape index (κ1) is 20.1. The zero-order valence-corrected chi connectivity index (χ0v) is 15.2. The molecule has 2 aromatic rings. The Morgan fingerprint density at radius 1 is 0.963 bits per heavy atom. The summed E-state index contributed by atoms with van der Waals surface area (Å²) in [5.74, 6) is -1.97. The van der Waals surface area contributed by atoms with Gasteiger partial charge in [0.15, 0.2) is 6.61 Å². The third-order valence-corrected chi connectivity index (χ3v) is 4.22. The Morgan fingerprint density at radius 3 is 2.44 bits per heavy atom. The van der Waals surface area contributed by atoms with E-state index in [-0.39, 0.29) is 6.54 Å². The van der Waals surface area contributed by atoms with Crippen LogP contribution in [0.15, 0.2) is 47.8 Å². The molecule has 0 aliphatic rings. The van der Waals surface area contributed by atoms with Gasteiger partial charge >= 0.3 is 12.0 Å². The fourth-order valence-corrected chi connectivity index (χ4v) is 2.71. The number of imide groups is 1. The molecule has 1 aromatic carbocycles. The van der Waals surface area contributed by atoms with Gasteiger partial charge in [-0.2, -0.15) is 0 Å². The quantitative estimate of drug-likeness (QED) is 0.585. The number of rotatable bonds is 8. The van der Waals surface area contributed by atoms with E-state index in [0.29, 0.717) is 18.5 Å². The van der Waals surface area contributed by atoms with Gasteiger partial charge in [-0.15, -0.1) is 11.3 Å². The normalized spacial score (nSPS) is 9.93. The van der Waals surface area contributed by atoms with Crippen LogP contribution in [0.4, 0.5) is 4.79 Å². The van der Waals surface area contributed by atoms with Gasteiger partial charge in [0.1, 0.15) is 6.54 Å². The van der Waals surface area contributed by atoms with Crippen molar-refractivity contribution in [1.29, 1.82) is 0 Å². The molecule has 1 heterocycles. The van der Waals surface area contributed by atoms with Crippen molar-refractivity contribution in [3.63, 3.8) is 0 Å². The summed E-state index contributed by atoms with van der Waals surface area (Å²) in [6.45, 7) is -0.614. The molecule has 0 aliphatic carbocycles. The standard InChI is InChI=1S/C18H19N3O5S/c22-15(21-18(25)19-9-8-14-7-4-10-27-14)12-26-16(23)11-20-17(24)13-5-2-1-3-6-13/h1-7,10H,8-9,11-12H2,(H,20,24)(H2,19,21,22,25). The first-order chi connectivity index (χ1) is 13.0. The van der Waals surface area contributed by atoms with Crippen molar-refractivity contribution in [2.75, 3.05) is 19.7 Å². The van der Waals surface area contributed by atoms with Gasteiger partial charge in [0, 0.05) is 17.0 Å². The van der Waals surface area contributed by atoms with Gasteiger partial charge in [-0.3, -0.25) is 19.7 Å². The number of hydrogen-bond donors (Lipinski definition) is 3. The third kappa shape index (κ3) is 7.70. The summed E-state index contributed by atoms with van der Waals surface area (Å²) >= 11 is 1.58. The molecule has 0 radical (unpaired) electrons. The Morgan fingerprint density at radius 2 is 1.74 bits per heavy atom. The van der Waals surface area contributed by atoms with Gasteiger partial charge in [-0.25, -0.2) is 4.79 Å². The predicted octanol–water partition coefficient (Wildman–Crippen LogP) is 1.09. The van der Waals surface area contributed by atoms with Gasteiger partial charge in [0.05, 0.1) is 0 Å². The number of ether oxygens (including phenoxy) is 1. The summed E-state index contributed by atoms with van der Waals surface area (Å²) in [6, 6.07) is 11.6. The maximum Gasteiger partial charge on any atom is 0.325 e. The van der Waals surface area contributed by atoms with E-state index in [2.05, 4.69) is 16.0 Å². The fourth-order valence-electron chi connectivity index (χ4n) is 2.00.